The number of nitrogens with zero attached hydrogens (tertiary/aromatic N) is 1. The van der Waals surface area contributed by atoms with Crippen LogP contribution < -0.4 is 0 Å². The third-order valence-corrected chi connectivity index (χ3v) is 4.68. The van der Waals surface area contributed by atoms with Crippen LogP contribution in [0.1, 0.15) is 12.0 Å². The van der Waals surface area contributed by atoms with Crippen LogP contribution in [0.15, 0.2) is 50.8 Å². The summed E-state index contributed by atoms with van der Waals surface area (Å²) in [7, 11) is -4.15. The van der Waals surface area contributed by atoms with Crippen LogP contribution in [0.2, 0.25) is 0 Å². The van der Waals surface area contributed by atoms with Gasteiger partial charge < -0.3 is 0 Å². The fraction of sp³-hybridized carbons (Fsp3) is 0.143. The van der Waals surface area contributed by atoms with Crippen molar-refractivity contribution in [1.29, 1.82) is 0 Å². The van der Waals surface area contributed by atoms with Crippen LogP contribution in [-0.2, 0) is 14.8 Å². The molecule has 8 heteroatoms. The van der Waals surface area contributed by atoms with Crippen molar-refractivity contribution in [3.8, 4) is 0 Å². The summed E-state index contributed by atoms with van der Waals surface area (Å²) in [5, 5.41) is 0. The maximum absolute atomic E-state index is 13.1. The van der Waals surface area contributed by atoms with Crippen molar-refractivity contribution < 1.29 is 26.4 Å². The Balaban J connectivity index is 2.39. The van der Waals surface area contributed by atoms with Gasteiger partial charge in [-0.3, -0.25) is 4.79 Å². The first-order valence-corrected chi connectivity index (χ1v) is 7.61. The van der Waals surface area contributed by atoms with Crippen molar-refractivity contribution in [2.45, 2.75) is 17.5 Å². The van der Waals surface area contributed by atoms with Gasteiger partial charge in [-0.05, 0) is 6.07 Å². The summed E-state index contributed by atoms with van der Waals surface area (Å²) >= 11 is 0. The summed E-state index contributed by atoms with van der Waals surface area (Å²) in [6.45, 7) is 0. The molecular weight excluding hydrogens is 319 g/mol. The van der Waals surface area contributed by atoms with Crippen molar-refractivity contribution >= 4 is 27.6 Å². The Hall–Kier alpha value is -2.22. The van der Waals surface area contributed by atoms with E-state index in [1.54, 1.807) is 0 Å². The maximum atomic E-state index is 13.1. The molecule has 4 nitrogen and oxygen atoms in total. The summed E-state index contributed by atoms with van der Waals surface area (Å²) in [5.74, 6) is -0.570. The lowest BCUT2D eigenvalue weighted by Crippen LogP contribution is -2.21. The highest BCUT2D eigenvalue weighted by Crippen LogP contribution is 2.41. The lowest BCUT2D eigenvalue weighted by atomic mass is 9.86. The highest BCUT2D eigenvalue weighted by atomic mass is 32.2. The van der Waals surface area contributed by atoms with Gasteiger partial charge in [-0.2, -0.15) is 26.0 Å². The van der Waals surface area contributed by atoms with Crippen molar-refractivity contribution in [2.75, 3.05) is 0 Å². The highest BCUT2D eigenvalue weighted by molar-refractivity contribution is 7.90. The van der Waals surface area contributed by atoms with Gasteiger partial charge in [0.1, 0.15) is 0 Å². The zero-order chi connectivity index (χ0) is 16.1. The molecular formula is C14H8F3NO3S. The Bertz CT molecular complexity index is 877. The third kappa shape index (κ3) is 2.19. The predicted molar refractivity (Wildman–Crippen MR) is 72.8 cm³/mol. The molecule has 2 aliphatic rings. The molecule has 0 spiro atoms. The molecule has 0 saturated heterocycles. The second kappa shape index (κ2) is 4.64. The number of Topliss-reactive ketones (excluding diaryl/α,β-unsaturated/α-hetero) is 1. The molecule has 1 aromatic rings. The fourth-order valence-corrected chi connectivity index (χ4v) is 3.52. The first-order valence-electron chi connectivity index (χ1n) is 6.17. The number of hydrogen-bond donors (Lipinski definition) is 0. The van der Waals surface area contributed by atoms with Crippen LogP contribution in [0.4, 0.5) is 13.2 Å². The van der Waals surface area contributed by atoms with E-state index < -0.39 is 39.5 Å². The number of halogens is 3. The number of alkyl halides is 3. The van der Waals surface area contributed by atoms with Gasteiger partial charge in [-0.15, -0.1) is 0 Å². The molecule has 0 aromatic heterocycles. The SMILES string of the molecule is O=C1CC=C(C(F)(F)F)C2=C1c1ccccc1S(=O)(=O)N=C2. The lowest BCUT2D eigenvalue weighted by molar-refractivity contribution is -0.113. The summed E-state index contributed by atoms with van der Waals surface area (Å²) in [6.07, 6.45) is -3.76. The molecule has 0 fully saturated rings. The van der Waals surface area contributed by atoms with E-state index in [1.165, 1.54) is 24.3 Å². The van der Waals surface area contributed by atoms with Gasteiger partial charge in [-0.1, -0.05) is 24.3 Å². The van der Waals surface area contributed by atoms with Crippen LogP contribution in [0.3, 0.4) is 0 Å². The number of benzene rings is 1. The molecule has 1 aliphatic carbocycles. The number of carbonyl (C=O) groups is 1. The number of rotatable bonds is 0. The molecule has 3 rings (SSSR count). The molecule has 1 aromatic carbocycles. The minimum absolute atomic E-state index is 0.0464. The average Bonchev–Trinajstić information content (AvgIpc) is 2.54. The van der Waals surface area contributed by atoms with E-state index in [1.807, 2.05) is 0 Å². The van der Waals surface area contributed by atoms with Crippen LogP contribution >= 0.6 is 0 Å². The molecule has 114 valence electrons. The maximum Gasteiger partial charge on any atom is 0.416 e. The lowest BCUT2D eigenvalue weighted by Gasteiger charge is -2.20. The van der Waals surface area contributed by atoms with E-state index in [0.29, 0.717) is 6.21 Å². The normalized spacial score (nSPS) is 20.1. The van der Waals surface area contributed by atoms with Gasteiger partial charge in [0.25, 0.3) is 10.0 Å². The summed E-state index contributed by atoms with van der Waals surface area (Å²) in [6, 6.07) is 5.42. The molecule has 0 atom stereocenters. The van der Waals surface area contributed by atoms with E-state index >= 15 is 0 Å². The van der Waals surface area contributed by atoms with Crippen LogP contribution in [0, 0.1) is 0 Å². The second-order valence-electron chi connectivity index (χ2n) is 4.74. The van der Waals surface area contributed by atoms with Crippen molar-refractivity contribution in [2.24, 2.45) is 4.40 Å². The molecule has 0 bridgehead atoms. The van der Waals surface area contributed by atoms with Crippen LogP contribution in [-0.4, -0.2) is 26.6 Å². The number of allylic oxidation sites excluding steroid dienone is 4. The monoisotopic (exact) mass is 327 g/mol. The molecule has 0 unspecified atom stereocenters. The van der Waals surface area contributed by atoms with Gasteiger partial charge in [0.05, 0.1) is 10.5 Å². The standard InChI is InChI=1S/C14H8F3NO3S/c15-14(16,17)10-5-6-11(19)13-8-3-1-2-4-12(8)22(20,21)18-7-9(10)13/h1-5,7H,6H2. The molecule has 22 heavy (non-hydrogen) atoms. The van der Waals surface area contributed by atoms with E-state index in [-0.39, 0.29) is 16.0 Å². The van der Waals surface area contributed by atoms with Gasteiger partial charge in [0.15, 0.2) is 5.78 Å². The quantitative estimate of drug-likeness (QED) is 0.736. The molecule has 0 N–H and O–H groups in total. The van der Waals surface area contributed by atoms with Crippen molar-refractivity contribution in [3.05, 3.63) is 47.1 Å². The topological polar surface area (TPSA) is 63.6 Å². The average molecular weight is 327 g/mol. The Kier molecular flexibility index (Phi) is 3.10. The number of sulfonamides is 1. The Morgan fingerprint density at radius 2 is 1.82 bits per heavy atom. The Morgan fingerprint density at radius 1 is 1.14 bits per heavy atom. The van der Waals surface area contributed by atoms with Gasteiger partial charge in [-0.25, -0.2) is 0 Å². The molecule has 0 radical (unpaired) electrons. The van der Waals surface area contributed by atoms with Crippen molar-refractivity contribution in [3.63, 3.8) is 0 Å². The fourth-order valence-electron chi connectivity index (χ4n) is 2.47. The number of carbonyl (C=O) groups excluding carboxylic acids is 1. The largest absolute Gasteiger partial charge is 0.416 e. The van der Waals surface area contributed by atoms with E-state index in [9.17, 15) is 26.4 Å². The first kappa shape index (κ1) is 14.7. The minimum Gasteiger partial charge on any atom is -0.294 e. The molecule has 1 heterocycles. The Morgan fingerprint density at radius 3 is 2.50 bits per heavy atom. The van der Waals surface area contributed by atoms with Gasteiger partial charge >= 0.3 is 6.18 Å². The zero-order valence-corrected chi connectivity index (χ0v) is 11.7. The van der Waals surface area contributed by atoms with Crippen LogP contribution in [0.5, 0.6) is 0 Å². The summed E-state index contributed by atoms with van der Waals surface area (Å²) < 4.78 is 66.7. The van der Waals surface area contributed by atoms with Crippen LogP contribution in [0.25, 0.3) is 5.57 Å². The number of hydrogen-bond acceptors (Lipinski definition) is 3. The third-order valence-electron chi connectivity index (χ3n) is 3.39. The Labute approximate surface area is 123 Å². The van der Waals surface area contributed by atoms with Gasteiger partial charge in [0, 0.05) is 29.3 Å². The smallest absolute Gasteiger partial charge is 0.294 e. The van der Waals surface area contributed by atoms with Crippen molar-refractivity contribution in [1.82, 2.24) is 0 Å². The highest BCUT2D eigenvalue weighted by Gasteiger charge is 2.41. The summed E-state index contributed by atoms with van der Waals surface area (Å²) in [4.78, 5) is 11.8. The van der Waals surface area contributed by atoms with E-state index in [4.69, 9.17) is 0 Å². The number of ketones is 1. The molecule has 0 saturated carbocycles. The molecule has 1 aliphatic heterocycles. The number of fused-ring (bicyclic) bond motifs is 2. The minimum atomic E-state index is -4.70. The molecule has 0 amide bonds. The zero-order valence-electron chi connectivity index (χ0n) is 10.9. The predicted octanol–water partition coefficient (Wildman–Crippen LogP) is 2.67. The first-order chi connectivity index (χ1) is 10.2. The summed E-state index contributed by atoms with van der Waals surface area (Å²) in [5.41, 5.74) is -1.85. The second-order valence-corrected chi connectivity index (χ2v) is 6.34. The van der Waals surface area contributed by atoms with E-state index in [2.05, 4.69) is 4.40 Å². The van der Waals surface area contributed by atoms with Gasteiger partial charge in [0.2, 0.25) is 0 Å². The van der Waals surface area contributed by atoms with E-state index in [0.717, 1.165) is 6.08 Å².